The monoisotopic (exact) mass is 369 g/mol. The molecule has 27 heavy (non-hydrogen) atoms. The number of aromatic nitrogens is 2. The maximum Gasteiger partial charge on any atom is 0.275 e. The van der Waals surface area contributed by atoms with Crippen LogP contribution in [0.3, 0.4) is 0 Å². The van der Waals surface area contributed by atoms with E-state index in [-0.39, 0.29) is 5.91 Å². The van der Waals surface area contributed by atoms with E-state index in [0.717, 1.165) is 43.0 Å². The average molecular weight is 370 g/mol. The largest absolute Gasteiger partial charge is 0.372 e. The van der Waals surface area contributed by atoms with Crippen molar-refractivity contribution in [3.63, 3.8) is 0 Å². The third kappa shape index (κ3) is 5.94. The molecule has 0 saturated heterocycles. The molecule has 2 N–H and O–H groups in total. The number of nitrogens with zero attached hydrogens (tertiary/aromatic N) is 3. The second-order valence-electron chi connectivity index (χ2n) is 6.55. The summed E-state index contributed by atoms with van der Waals surface area (Å²) in [6.07, 6.45) is 6.59. The van der Waals surface area contributed by atoms with Crippen LogP contribution in [0.15, 0.2) is 30.6 Å². The Morgan fingerprint density at radius 2 is 1.85 bits per heavy atom. The normalized spacial score (nSPS) is 10.5. The van der Waals surface area contributed by atoms with E-state index in [9.17, 15) is 4.79 Å². The summed E-state index contributed by atoms with van der Waals surface area (Å²) in [5, 5.41) is 6.15. The van der Waals surface area contributed by atoms with Crippen molar-refractivity contribution in [3.05, 3.63) is 41.9 Å². The van der Waals surface area contributed by atoms with Gasteiger partial charge in [0.05, 0.1) is 12.4 Å². The Balaban J connectivity index is 1.98. The van der Waals surface area contributed by atoms with Gasteiger partial charge in [0, 0.05) is 31.0 Å². The highest BCUT2D eigenvalue weighted by atomic mass is 16.1. The molecule has 0 bridgehead atoms. The lowest BCUT2D eigenvalue weighted by Crippen LogP contribution is -2.22. The molecule has 0 saturated carbocycles. The first kappa shape index (κ1) is 20.7. The first-order valence-electron chi connectivity index (χ1n) is 9.81. The van der Waals surface area contributed by atoms with Gasteiger partial charge in [-0.1, -0.05) is 19.8 Å². The first-order valence-corrected chi connectivity index (χ1v) is 9.81. The van der Waals surface area contributed by atoms with Crippen molar-refractivity contribution in [2.45, 2.75) is 47.0 Å². The summed E-state index contributed by atoms with van der Waals surface area (Å²) in [6, 6.07) is 6.07. The number of rotatable bonds is 10. The molecular weight excluding hydrogens is 338 g/mol. The average Bonchev–Trinajstić information content (AvgIpc) is 2.68. The summed E-state index contributed by atoms with van der Waals surface area (Å²) in [5.41, 5.74) is 3.28. The minimum absolute atomic E-state index is 0.251. The SMILES string of the molecule is CCCCCNc1cnc(C(=O)Nc2ccc(N(CC)CC)cc2C)cn1. The Kier molecular flexibility index (Phi) is 8.04. The summed E-state index contributed by atoms with van der Waals surface area (Å²) in [6.45, 7) is 11.2. The van der Waals surface area contributed by atoms with Gasteiger partial charge in [-0.25, -0.2) is 9.97 Å². The van der Waals surface area contributed by atoms with Crippen molar-refractivity contribution in [1.29, 1.82) is 0 Å². The predicted molar refractivity (Wildman–Crippen MR) is 113 cm³/mol. The van der Waals surface area contributed by atoms with E-state index < -0.39 is 0 Å². The standard InChI is InChI=1S/C21H31N5O/c1-5-8-9-12-22-20-15-23-19(14-24-20)21(27)25-18-11-10-17(13-16(18)4)26(6-2)7-3/h10-11,13-15H,5-9,12H2,1-4H3,(H,22,24)(H,25,27). The third-order valence-corrected chi connectivity index (χ3v) is 4.56. The third-order valence-electron chi connectivity index (χ3n) is 4.56. The smallest absolute Gasteiger partial charge is 0.275 e. The van der Waals surface area contributed by atoms with Gasteiger partial charge in [-0.05, 0) is 51.0 Å². The van der Waals surface area contributed by atoms with Crippen LogP contribution in [0.25, 0.3) is 0 Å². The van der Waals surface area contributed by atoms with Crippen LogP contribution in [0.5, 0.6) is 0 Å². The summed E-state index contributed by atoms with van der Waals surface area (Å²) in [7, 11) is 0. The number of hydrogen-bond acceptors (Lipinski definition) is 5. The molecule has 0 radical (unpaired) electrons. The minimum Gasteiger partial charge on any atom is -0.372 e. The van der Waals surface area contributed by atoms with Gasteiger partial charge in [0.2, 0.25) is 0 Å². The number of nitrogens with one attached hydrogen (secondary N) is 2. The Hall–Kier alpha value is -2.63. The van der Waals surface area contributed by atoms with Gasteiger partial charge in [0.1, 0.15) is 11.5 Å². The number of hydrogen-bond donors (Lipinski definition) is 2. The van der Waals surface area contributed by atoms with Crippen molar-refractivity contribution in [2.75, 3.05) is 35.2 Å². The van der Waals surface area contributed by atoms with Crippen LogP contribution in [0.1, 0.15) is 56.1 Å². The number of carbonyl (C=O) groups excluding carboxylic acids is 1. The zero-order chi connectivity index (χ0) is 19.6. The van der Waals surface area contributed by atoms with E-state index in [1.54, 1.807) is 6.20 Å². The maximum atomic E-state index is 12.5. The van der Waals surface area contributed by atoms with E-state index in [1.165, 1.54) is 19.0 Å². The predicted octanol–water partition coefficient (Wildman–Crippen LogP) is 4.49. The summed E-state index contributed by atoms with van der Waals surface area (Å²) in [5.74, 6) is 0.445. The molecule has 146 valence electrons. The van der Waals surface area contributed by atoms with Crippen molar-refractivity contribution in [3.8, 4) is 0 Å². The molecule has 0 aliphatic carbocycles. The molecule has 6 heteroatoms. The molecular formula is C21H31N5O. The lowest BCUT2D eigenvalue weighted by Gasteiger charge is -2.22. The molecule has 2 rings (SSSR count). The quantitative estimate of drug-likeness (QED) is 0.604. The highest BCUT2D eigenvalue weighted by Crippen LogP contribution is 2.23. The number of unbranched alkanes of at least 4 members (excludes halogenated alkanes) is 2. The first-order chi connectivity index (χ1) is 13.1. The molecule has 0 atom stereocenters. The van der Waals surface area contributed by atoms with Gasteiger partial charge in [-0.3, -0.25) is 4.79 Å². The Bertz CT molecular complexity index is 726. The maximum absolute atomic E-state index is 12.5. The van der Waals surface area contributed by atoms with Crippen LogP contribution in [-0.4, -0.2) is 35.5 Å². The van der Waals surface area contributed by atoms with Gasteiger partial charge in [0.15, 0.2) is 0 Å². The second-order valence-corrected chi connectivity index (χ2v) is 6.55. The summed E-state index contributed by atoms with van der Waals surface area (Å²) in [4.78, 5) is 23.2. The molecule has 1 aromatic carbocycles. The van der Waals surface area contributed by atoms with Crippen LogP contribution in [0.4, 0.5) is 17.2 Å². The van der Waals surface area contributed by atoms with Crippen LogP contribution >= 0.6 is 0 Å². The van der Waals surface area contributed by atoms with Crippen molar-refractivity contribution in [2.24, 2.45) is 0 Å². The zero-order valence-electron chi connectivity index (χ0n) is 16.9. The summed E-state index contributed by atoms with van der Waals surface area (Å²) < 4.78 is 0. The lowest BCUT2D eigenvalue weighted by molar-refractivity contribution is 0.102. The minimum atomic E-state index is -0.251. The molecule has 0 aliphatic heterocycles. The molecule has 1 heterocycles. The van der Waals surface area contributed by atoms with E-state index in [0.29, 0.717) is 11.5 Å². The number of amides is 1. The number of benzene rings is 1. The highest BCUT2D eigenvalue weighted by Gasteiger charge is 2.11. The van der Waals surface area contributed by atoms with Crippen molar-refractivity contribution in [1.82, 2.24) is 9.97 Å². The van der Waals surface area contributed by atoms with Gasteiger partial charge < -0.3 is 15.5 Å². The van der Waals surface area contributed by atoms with E-state index >= 15 is 0 Å². The van der Waals surface area contributed by atoms with Gasteiger partial charge >= 0.3 is 0 Å². The summed E-state index contributed by atoms with van der Waals surface area (Å²) >= 11 is 0. The van der Waals surface area contributed by atoms with Crippen LogP contribution in [0, 0.1) is 6.92 Å². The van der Waals surface area contributed by atoms with Crippen LogP contribution in [-0.2, 0) is 0 Å². The van der Waals surface area contributed by atoms with Gasteiger partial charge in [0.25, 0.3) is 5.91 Å². The molecule has 0 fully saturated rings. The second kappa shape index (κ2) is 10.5. The van der Waals surface area contributed by atoms with Crippen molar-refractivity contribution < 1.29 is 4.79 Å². The molecule has 1 amide bonds. The van der Waals surface area contributed by atoms with E-state index in [2.05, 4.69) is 52.3 Å². The van der Waals surface area contributed by atoms with Crippen LogP contribution < -0.4 is 15.5 Å². The Morgan fingerprint density at radius 1 is 1.07 bits per heavy atom. The fraction of sp³-hybridized carbons (Fsp3) is 0.476. The van der Waals surface area contributed by atoms with Crippen LogP contribution in [0.2, 0.25) is 0 Å². The van der Waals surface area contributed by atoms with E-state index in [4.69, 9.17) is 0 Å². The molecule has 1 aromatic heterocycles. The van der Waals surface area contributed by atoms with E-state index in [1.807, 2.05) is 19.1 Å². The van der Waals surface area contributed by atoms with Crippen molar-refractivity contribution >= 4 is 23.1 Å². The topological polar surface area (TPSA) is 70.2 Å². The number of aryl methyl sites for hydroxylation is 1. The number of anilines is 3. The Labute approximate surface area is 162 Å². The highest BCUT2D eigenvalue weighted by molar-refractivity contribution is 6.03. The van der Waals surface area contributed by atoms with Gasteiger partial charge in [-0.2, -0.15) is 0 Å². The van der Waals surface area contributed by atoms with Gasteiger partial charge in [-0.15, -0.1) is 0 Å². The molecule has 0 spiro atoms. The number of carbonyl (C=O) groups is 1. The molecule has 2 aromatic rings. The molecule has 0 unspecified atom stereocenters. The fourth-order valence-corrected chi connectivity index (χ4v) is 2.89. The zero-order valence-corrected chi connectivity index (χ0v) is 16.9. The molecule has 0 aliphatic rings. The molecule has 6 nitrogen and oxygen atoms in total. The lowest BCUT2D eigenvalue weighted by atomic mass is 10.1. The Morgan fingerprint density at radius 3 is 2.44 bits per heavy atom. The fourth-order valence-electron chi connectivity index (χ4n) is 2.89.